The molecule has 8 nitrogen and oxygen atoms in total. The number of hydrogen-bond donors (Lipinski definition) is 1. The van der Waals surface area contributed by atoms with Crippen molar-refractivity contribution in [1.29, 1.82) is 0 Å². The molecule has 0 aliphatic carbocycles. The molecule has 3 rings (SSSR count). The Morgan fingerprint density at radius 3 is 2.62 bits per heavy atom. The van der Waals surface area contributed by atoms with E-state index in [1.807, 2.05) is 24.3 Å². The second-order valence-corrected chi connectivity index (χ2v) is 8.05. The molecule has 1 N–H and O–H groups in total. The summed E-state index contributed by atoms with van der Waals surface area (Å²) in [6, 6.07) is 14.4. The van der Waals surface area contributed by atoms with Crippen molar-refractivity contribution in [2.75, 3.05) is 11.1 Å². The SMILES string of the molecule is CCc1ccc(OCc2nnc(SCC(=O)Nc3cccc(C(=O)OC(C)C)c3)o2)cc1. The van der Waals surface area contributed by atoms with Crippen molar-refractivity contribution in [3.05, 3.63) is 65.5 Å². The van der Waals surface area contributed by atoms with Crippen LogP contribution in [0.3, 0.4) is 0 Å². The molecule has 1 heterocycles. The molecule has 0 saturated heterocycles. The van der Waals surface area contributed by atoms with Gasteiger partial charge in [0.25, 0.3) is 11.1 Å². The van der Waals surface area contributed by atoms with Crippen molar-refractivity contribution in [1.82, 2.24) is 10.2 Å². The minimum Gasteiger partial charge on any atom is -0.484 e. The molecule has 0 aliphatic heterocycles. The molecule has 0 unspecified atom stereocenters. The van der Waals surface area contributed by atoms with E-state index in [9.17, 15) is 9.59 Å². The topological polar surface area (TPSA) is 104 Å². The van der Waals surface area contributed by atoms with Gasteiger partial charge >= 0.3 is 5.97 Å². The highest BCUT2D eigenvalue weighted by atomic mass is 32.2. The van der Waals surface area contributed by atoms with E-state index in [1.54, 1.807) is 38.1 Å². The molecule has 0 radical (unpaired) electrons. The fourth-order valence-corrected chi connectivity index (χ4v) is 3.23. The van der Waals surface area contributed by atoms with Crippen LogP contribution in [0.5, 0.6) is 5.75 Å². The maximum atomic E-state index is 12.3. The van der Waals surface area contributed by atoms with Crippen LogP contribution in [0.1, 0.15) is 42.6 Å². The average Bonchev–Trinajstić information content (AvgIpc) is 3.24. The van der Waals surface area contributed by atoms with Gasteiger partial charge in [-0.3, -0.25) is 4.79 Å². The van der Waals surface area contributed by atoms with Gasteiger partial charge in [0.05, 0.1) is 17.4 Å². The smallest absolute Gasteiger partial charge is 0.338 e. The lowest BCUT2D eigenvalue weighted by atomic mass is 10.2. The average molecular weight is 456 g/mol. The molecular weight excluding hydrogens is 430 g/mol. The van der Waals surface area contributed by atoms with Crippen molar-refractivity contribution in [3.8, 4) is 5.75 Å². The fourth-order valence-electron chi connectivity index (χ4n) is 2.65. The molecule has 0 aliphatic rings. The summed E-state index contributed by atoms with van der Waals surface area (Å²) in [4.78, 5) is 24.3. The number of hydrogen-bond acceptors (Lipinski definition) is 8. The first kappa shape index (κ1) is 23.3. The van der Waals surface area contributed by atoms with E-state index in [2.05, 4.69) is 22.4 Å². The molecule has 0 fully saturated rings. The third-order valence-electron chi connectivity index (χ3n) is 4.19. The Labute approximate surface area is 190 Å². The van der Waals surface area contributed by atoms with E-state index >= 15 is 0 Å². The van der Waals surface area contributed by atoms with Gasteiger partial charge in [0.2, 0.25) is 5.91 Å². The minimum absolute atomic E-state index is 0.0711. The summed E-state index contributed by atoms with van der Waals surface area (Å²) in [5, 5.41) is 10.9. The van der Waals surface area contributed by atoms with Crippen LogP contribution in [-0.4, -0.2) is 33.9 Å². The van der Waals surface area contributed by atoms with E-state index in [4.69, 9.17) is 13.9 Å². The van der Waals surface area contributed by atoms with Crippen molar-refractivity contribution in [3.63, 3.8) is 0 Å². The first-order valence-corrected chi connectivity index (χ1v) is 11.2. The van der Waals surface area contributed by atoms with Gasteiger partial charge in [0.15, 0.2) is 6.61 Å². The van der Waals surface area contributed by atoms with E-state index in [0.29, 0.717) is 22.9 Å². The zero-order valence-corrected chi connectivity index (χ0v) is 19.0. The third kappa shape index (κ3) is 7.12. The molecule has 0 saturated carbocycles. The number of aryl methyl sites for hydroxylation is 1. The van der Waals surface area contributed by atoms with Crippen molar-refractivity contribution in [2.45, 2.75) is 45.1 Å². The van der Waals surface area contributed by atoms with Gasteiger partial charge in [0, 0.05) is 5.69 Å². The number of nitrogens with zero attached hydrogens (tertiary/aromatic N) is 2. The second kappa shape index (κ2) is 11.3. The number of ether oxygens (including phenoxy) is 2. The van der Waals surface area contributed by atoms with Crippen LogP contribution in [0.15, 0.2) is 58.2 Å². The van der Waals surface area contributed by atoms with Gasteiger partial charge in [-0.25, -0.2) is 4.79 Å². The molecule has 9 heteroatoms. The van der Waals surface area contributed by atoms with Crippen molar-refractivity contribution < 1.29 is 23.5 Å². The van der Waals surface area contributed by atoms with Crippen LogP contribution in [0, 0.1) is 0 Å². The van der Waals surface area contributed by atoms with Gasteiger partial charge < -0.3 is 19.2 Å². The summed E-state index contributed by atoms with van der Waals surface area (Å²) in [7, 11) is 0. The molecule has 1 aromatic heterocycles. The molecule has 32 heavy (non-hydrogen) atoms. The fraction of sp³-hybridized carbons (Fsp3) is 0.304. The lowest BCUT2D eigenvalue weighted by Crippen LogP contribution is -2.15. The summed E-state index contributed by atoms with van der Waals surface area (Å²) in [5.74, 6) is 0.405. The lowest BCUT2D eigenvalue weighted by Gasteiger charge is -2.09. The Kier molecular flexibility index (Phi) is 8.27. The number of thioether (sulfide) groups is 1. The van der Waals surface area contributed by atoms with E-state index in [0.717, 1.165) is 18.2 Å². The molecule has 1 amide bonds. The highest BCUT2D eigenvalue weighted by Gasteiger charge is 2.13. The second-order valence-electron chi connectivity index (χ2n) is 7.12. The Bertz CT molecular complexity index is 1050. The molecule has 0 bridgehead atoms. The Hall–Kier alpha value is -3.33. The predicted molar refractivity (Wildman–Crippen MR) is 121 cm³/mol. The van der Waals surface area contributed by atoms with Gasteiger partial charge in [0.1, 0.15) is 5.75 Å². The summed E-state index contributed by atoms with van der Waals surface area (Å²) < 4.78 is 16.3. The Morgan fingerprint density at radius 1 is 1.12 bits per heavy atom. The zero-order valence-electron chi connectivity index (χ0n) is 18.2. The summed E-state index contributed by atoms with van der Waals surface area (Å²) in [6.45, 7) is 5.79. The number of rotatable bonds is 10. The molecule has 168 valence electrons. The van der Waals surface area contributed by atoms with Crippen molar-refractivity contribution in [2.24, 2.45) is 0 Å². The van der Waals surface area contributed by atoms with Gasteiger partial charge in [-0.15, -0.1) is 10.2 Å². The monoisotopic (exact) mass is 455 g/mol. The maximum absolute atomic E-state index is 12.3. The molecule has 3 aromatic rings. The quantitative estimate of drug-likeness (QED) is 0.352. The van der Waals surface area contributed by atoms with E-state index < -0.39 is 5.97 Å². The summed E-state index contributed by atoms with van der Waals surface area (Å²) in [6.07, 6.45) is 0.747. The summed E-state index contributed by atoms with van der Waals surface area (Å²) in [5.41, 5.74) is 2.10. The number of esters is 1. The normalized spacial score (nSPS) is 10.8. The summed E-state index contributed by atoms with van der Waals surface area (Å²) >= 11 is 1.11. The van der Waals surface area contributed by atoms with Gasteiger partial charge in [-0.1, -0.05) is 36.9 Å². The van der Waals surface area contributed by atoms with Crippen LogP contribution >= 0.6 is 11.8 Å². The minimum atomic E-state index is -0.438. The molecular formula is C23H25N3O5S. The first-order chi connectivity index (χ1) is 15.4. The number of aromatic nitrogens is 2. The van der Waals surface area contributed by atoms with E-state index in [-0.39, 0.29) is 29.6 Å². The zero-order chi connectivity index (χ0) is 22.9. The standard InChI is InChI=1S/C23H25N3O5S/c1-4-16-8-10-19(11-9-16)29-13-21-25-26-23(31-21)32-14-20(27)24-18-7-5-6-17(12-18)22(28)30-15(2)3/h5-12,15H,4,13-14H2,1-3H3,(H,24,27). The highest BCUT2D eigenvalue weighted by molar-refractivity contribution is 7.99. The van der Waals surface area contributed by atoms with Crippen LogP contribution in [0.25, 0.3) is 0 Å². The number of nitrogens with one attached hydrogen (secondary N) is 1. The van der Waals surface area contributed by atoms with Crippen LogP contribution < -0.4 is 10.1 Å². The first-order valence-electron chi connectivity index (χ1n) is 10.2. The van der Waals surface area contributed by atoms with Crippen LogP contribution in [0.4, 0.5) is 5.69 Å². The van der Waals surface area contributed by atoms with Crippen LogP contribution in [-0.2, 0) is 22.6 Å². The van der Waals surface area contributed by atoms with Crippen molar-refractivity contribution >= 4 is 29.3 Å². The highest BCUT2D eigenvalue weighted by Crippen LogP contribution is 2.19. The number of carbonyl (C=O) groups is 2. The van der Waals surface area contributed by atoms with Gasteiger partial charge in [-0.05, 0) is 56.2 Å². The number of carbonyl (C=O) groups excluding carboxylic acids is 2. The third-order valence-corrected chi connectivity index (χ3v) is 5.01. The van der Waals surface area contributed by atoms with E-state index in [1.165, 1.54) is 5.56 Å². The maximum Gasteiger partial charge on any atom is 0.338 e. The number of amides is 1. The lowest BCUT2D eigenvalue weighted by molar-refractivity contribution is -0.113. The largest absolute Gasteiger partial charge is 0.484 e. The Morgan fingerprint density at radius 2 is 1.91 bits per heavy atom. The van der Waals surface area contributed by atoms with Gasteiger partial charge in [-0.2, -0.15) is 0 Å². The van der Waals surface area contributed by atoms with Crippen LogP contribution in [0.2, 0.25) is 0 Å². The molecule has 0 spiro atoms. The number of benzene rings is 2. The molecule has 0 atom stereocenters. The Balaban J connectivity index is 1.46. The number of anilines is 1. The predicted octanol–water partition coefficient (Wildman–Crippen LogP) is 4.51. The molecule has 2 aromatic carbocycles.